The van der Waals surface area contributed by atoms with E-state index in [9.17, 15) is 14.8 Å². The summed E-state index contributed by atoms with van der Waals surface area (Å²) in [5.41, 5.74) is 1.24. The van der Waals surface area contributed by atoms with E-state index in [4.69, 9.17) is 9.47 Å². The van der Waals surface area contributed by atoms with Crippen molar-refractivity contribution in [1.29, 1.82) is 0 Å². The number of methoxy groups -OCH3 is 2. The normalized spacial score (nSPS) is 13.6. The van der Waals surface area contributed by atoms with Crippen molar-refractivity contribution in [3.63, 3.8) is 0 Å². The standard InChI is InChI=1S/C23H31NO5/c1-4-5-6-7-8-9-10-11-12-17(24-27)16-15-20(28-2)21-18(25)13-14-19(26)22(21)23(16)29-3/h13-15,27H,4-12H2,1-3H3/b24-17+. The van der Waals surface area contributed by atoms with E-state index in [1.807, 2.05) is 0 Å². The molecule has 1 aromatic carbocycles. The van der Waals surface area contributed by atoms with Crippen LogP contribution in [0.5, 0.6) is 11.5 Å². The van der Waals surface area contributed by atoms with Gasteiger partial charge in [-0.2, -0.15) is 0 Å². The molecule has 2 rings (SSSR count). The minimum Gasteiger partial charge on any atom is -0.496 e. The number of allylic oxidation sites excluding steroid dienone is 2. The van der Waals surface area contributed by atoms with E-state index in [0.29, 0.717) is 17.7 Å². The van der Waals surface area contributed by atoms with Gasteiger partial charge in [-0.25, -0.2) is 0 Å². The van der Waals surface area contributed by atoms with Gasteiger partial charge in [-0.1, -0.05) is 57.0 Å². The highest BCUT2D eigenvalue weighted by atomic mass is 16.5. The summed E-state index contributed by atoms with van der Waals surface area (Å²) in [6.45, 7) is 2.21. The first-order valence-corrected chi connectivity index (χ1v) is 10.4. The molecule has 0 amide bonds. The quantitative estimate of drug-likeness (QED) is 0.221. The summed E-state index contributed by atoms with van der Waals surface area (Å²) < 4.78 is 10.8. The predicted molar refractivity (Wildman–Crippen MR) is 113 cm³/mol. The van der Waals surface area contributed by atoms with Gasteiger partial charge >= 0.3 is 0 Å². The number of fused-ring (bicyclic) bond motifs is 1. The van der Waals surface area contributed by atoms with E-state index >= 15 is 0 Å². The summed E-state index contributed by atoms with van der Waals surface area (Å²) in [4.78, 5) is 24.8. The SMILES string of the molecule is CCCCCCCCCC/C(=N\O)c1cc(OC)c2c(c1OC)C(=O)C=CC2=O. The molecule has 0 heterocycles. The molecular formula is C23H31NO5. The Morgan fingerprint density at radius 2 is 1.48 bits per heavy atom. The summed E-state index contributed by atoms with van der Waals surface area (Å²) in [6.07, 6.45) is 12.3. The first-order chi connectivity index (χ1) is 14.1. The van der Waals surface area contributed by atoms with E-state index < -0.39 is 0 Å². The predicted octanol–water partition coefficient (Wildman–Crippen LogP) is 5.35. The molecule has 1 aliphatic rings. The van der Waals surface area contributed by atoms with E-state index in [0.717, 1.165) is 19.3 Å². The Morgan fingerprint density at radius 3 is 2.03 bits per heavy atom. The van der Waals surface area contributed by atoms with Crippen molar-refractivity contribution >= 4 is 17.3 Å². The number of hydrogen-bond donors (Lipinski definition) is 1. The number of ether oxygens (including phenoxy) is 2. The van der Waals surface area contributed by atoms with Gasteiger partial charge in [-0.05, 0) is 31.1 Å². The molecule has 0 unspecified atom stereocenters. The number of oxime groups is 1. The fourth-order valence-corrected chi connectivity index (χ4v) is 3.69. The number of hydrogen-bond acceptors (Lipinski definition) is 6. The highest BCUT2D eigenvalue weighted by Crippen LogP contribution is 2.38. The Labute approximate surface area is 172 Å². The smallest absolute Gasteiger partial charge is 0.190 e. The van der Waals surface area contributed by atoms with E-state index in [2.05, 4.69) is 12.1 Å². The maximum absolute atomic E-state index is 12.5. The molecule has 29 heavy (non-hydrogen) atoms. The van der Waals surface area contributed by atoms with Gasteiger partial charge in [-0.15, -0.1) is 0 Å². The van der Waals surface area contributed by atoms with Crippen LogP contribution in [-0.2, 0) is 0 Å². The number of carbonyl (C=O) groups is 2. The third-order valence-corrected chi connectivity index (χ3v) is 5.25. The third-order valence-electron chi connectivity index (χ3n) is 5.25. The van der Waals surface area contributed by atoms with Crippen LogP contribution < -0.4 is 9.47 Å². The zero-order chi connectivity index (χ0) is 21.2. The minimum atomic E-state index is -0.332. The molecule has 0 saturated carbocycles. The maximum Gasteiger partial charge on any atom is 0.190 e. The van der Waals surface area contributed by atoms with Crippen molar-refractivity contribution in [3.05, 3.63) is 34.9 Å². The van der Waals surface area contributed by atoms with Gasteiger partial charge in [0.1, 0.15) is 11.5 Å². The van der Waals surface area contributed by atoms with Gasteiger partial charge in [0.05, 0.1) is 31.1 Å². The third kappa shape index (κ3) is 5.46. The number of nitrogens with zero attached hydrogens (tertiary/aromatic N) is 1. The Hall–Kier alpha value is -2.63. The van der Waals surface area contributed by atoms with Gasteiger partial charge < -0.3 is 14.7 Å². The lowest BCUT2D eigenvalue weighted by Gasteiger charge is -2.20. The number of rotatable bonds is 12. The van der Waals surface area contributed by atoms with Crippen LogP contribution in [0.15, 0.2) is 23.4 Å². The van der Waals surface area contributed by atoms with Gasteiger partial charge in [-0.3, -0.25) is 9.59 Å². The molecule has 1 aromatic rings. The summed E-state index contributed by atoms with van der Waals surface area (Å²) >= 11 is 0. The lowest BCUT2D eigenvalue weighted by molar-refractivity contribution is 0.0989. The van der Waals surface area contributed by atoms with Crippen molar-refractivity contribution in [3.8, 4) is 11.5 Å². The van der Waals surface area contributed by atoms with Crippen LogP contribution >= 0.6 is 0 Å². The van der Waals surface area contributed by atoms with Crippen molar-refractivity contribution in [2.24, 2.45) is 5.16 Å². The molecule has 0 aliphatic heterocycles. The Balaban J connectivity index is 2.17. The lowest BCUT2D eigenvalue weighted by Crippen LogP contribution is -2.17. The second-order valence-corrected chi connectivity index (χ2v) is 7.24. The first kappa shape index (κ1) is 22.7. The van der Waals surface area contributed by atoms with Crippen LogP contribution in [0.3, 0.4) is 0 Å². The number of unbranched alkanes of at least 4 members (excludes halogenated alkanes) is 7. The molecule has 0 radical (unpaired) electrons. The van der Waals surface area contributed by atoms with Crippen LogP contribution in [0.1, 0.15) is 91.0 Å². The van der Waals surface area contributed by atoms with Gasteiger partial charge in [0.25, 0.3) is 0 Å². The summed E-state index contributed by atoms with van der Waals surface area (Å²) in [6, 6.07) is 1.61. The zero-order valence-corrected chi connectivity index (χ0v) is 17.6. The molecule has 0 saturated heterocycles. The second-order valence-electron chi connectivity index (χ2n) is 7.24. The zero-order valence-electron chi connectivity index (χ0n) is 17.6. The first-order valence-electron chi connectivity index (χ1n) is 10.4. The van der Waals surface area contributed by atoms with E-state index in [1.165, 1.54) is 58.5 Å². The molecule has 0 fully saturated rings. The number of benzene rings is 1. The highest BCUT2D eigenvalue weighted by Gasteiger charge is 2.31. The fourth-order valence-electron chi connectivity index (χ4n) is 3.69. The Morgan fingerprint density at radius 1 is 0.897 bits per heavy atom. The van der Waals surface area contributed by atoms with Gasteiger partial charge in [0, 0.05) is 5.56 Å². The molecule has 0 bridgehead atoms. The monoisotopic (exact) mass is 401 g/mol. The molecule has 6 nitrogen and oxygen atoms in total. The number of carbonyl (C=O) groups excluding carboxylic acids is 2. The minimum absolute atomic E-state index is 0.159. The highest BCUT2D eigenvalue weighted by molar-refractivity contribution is 6.25. The Kier molecular flexibility index (Phi) is 8.90. The average Bonchev–Trinajstić information content (AvgIpc) is 2.74. The van der Waals surface area contributed by atoms with Crippen LogP contribution in [0.2, 0.25) is 0 Å². The lowest BCUT2D eigenvalue weighted by atomic mass is 9.88. The molecule has 1 N–H and O–H groups in total. The molecule has 0 atom stereocenters. The summed E-state index contributed by atoms with van der Waals surface area (Å²) in [7, 11) is 2.88. The van der Waals surface area contributed by atoms with E-state index in [-0.39, 0.29) is 34.2 Å². The van der Waals surface area contributed by atoms with Crippen LogP contribution in [0.25, 0.3) is 0 Å². The van der Waals surface area contributed by atoms with E-state index in [1.54, 1.807) is 6.07 Å². The average molecular weight is 402 g/mol. The van der Waals surface area contributed by atoms with Crippen LogP contribution in [-0.4, -0.2) is 36.7 Å². The fraction of sp³-hybridized carbons (Fsp3) is 0.522. The number of ketones is 2. The summed E-state index contributed by atoms with van der Waals surface area (Å²) in [5.74, 6) is -0.126. The molecule has 6 heteroatoms. The Bertz CT molecular complexity index is 795. The van der Waals surface area contributed by atoms with Crippen molar-refractivity contribution in [2.75, 3.05) is 14.2 Å². The van der Waals surface area contributed by atoms with Crippen molar-refractivity contribution in [2.45, 2.75) is 64.7 Å². The maximum atomic E-state index is 12.5. The van der Waals surface area contributed by atoms with Crippen molar-refractivity contribution in [1.82, 2.24) is 0 Å². The topological polar surface area (TPSA) is 85.2 Å². The van der Waals surface area contributed by atoms with Gasteiger partial charge in [0.15, 0.2) is 11.6 Å². The molecule has 1 aliphatic carbocycles. The van der Waals surface area contributed by atoms with Crippen LogP contribution in [0, 0.1) is 0 Å². The second kappa shape index (κ2) is 11.4. The van der Waals surface area contributed by atoms with Crippen molar-refractivity contribution < 1.29 is 24.3 Å². The largest absolute Gasteiger partial charge is 0.496 e. The van der Waals surface area contributed by atoms with Gasteiger partial charge in [0.2, 0.25) is 0 Å². The molecular weight excluding hydrogens is 370 g/mol. The molecule has 158 valence electrons. The van der Waals surface area contributed by atoms with Crippen LogP contribution in [0.4, 0.5) is 0 Å². The molecule has 0 aromatic heterocycles. The molecule has 0 spiro atoms. The summed E-state index contributed by atoms with van der Waals surface area (Å²) in [5, 5.41) is 13.1.